The minimum atomic E-state index is -0.212. The number of likely N-dealkylation sites (N-methyl/N-ethyl adjacent to an activating group) is 1. The van der Waals surface area contributed by atoms with Gasteiger partial charge < -0.3 is 10.6 Å². The highest BCUT2D eigenvalue weighted by atomic mass is 79.9. The van der Waals surface area contributed by atoms with Crippen LogP contribution in [0.3, 0.4) is 0 Å². The predicted molar refractivity (Wildman–Crippen MR) is 59.7 cm³/mol. The maximum Gasteiger partial charge on any atom is 0.124 e. The molecule has 0 saturated carbocycles. The normalized spacial score (nSPS) is 10.5. The zero-order valence-corrected chi connectivity index (χ0v) is 9.70. The summed E-state index contributed by atoms with van der Waals surface area (Å²) in [5.41, 5.74) is 1.07. The van der Waals surface area contributed by atoms with Gasteiger partial charge in [0.25, 0.3) is 0 Å². The molecule has 0 heterocycles. The Morgan fingerprint density at radius 2 is 2.14 bits per heavy atom. The second kappa shape index (κ2) is 6.11. The molecule has 0 amide bonds. The molecule has 0 atom stereocenters. The first-order valence-corrected chi connectivity index (χ1v) is 5.32. The molecule has 1 aromatic carbocycles. The van der Waals surface area contributed by atoms with E-state index in [-0.39, 0.29) is 5.82 Å². The lowest BCUT2D eigenvalue weighted by molar-refractivity contribution is 0.621. The van der Waals surface area contributed by atoms with Gasteiger partial charge >= 0.3 is 0 Å². The molecule has 0 aromatic heterocycles. The fourth-order valence-corrected chi connectivity index (χ4v) is 1.59. The lowest BCUT2D eigenvalue weighted by Crippen LogP contribution is -2.24. The first kappa shape index (κ1) is 11.6. The SMILES string of the molecule is CNCCNCc1ccc(F)cc1Br. The number of nitrogens with one attached hydrogen (secondary N) is 2. The van der Waals surface area contributed by atoms with Crippen molar-refractivity contribution < 1.29 is 4.39 Å². The molecule has 0 unspecified atom stereocenters. The third-order valence-electron chi connectivity index (χ3n) is 1.88. The standard InChI is InChI=1S/C10H14BrFN2/c1-13-4-5-14-7-8-2-3-9(12)6-10(8)11/h2-3,6,13-14H,4-5,7H2,1H3. The van der Waals surface area contributed by atoms with E-state index in [1.165, 1.54) is 12.1 Å². The van der Waals surface area contributed by atoms with Crippen LogP contribution in [0.4, 0.5) is 4.39 Å². The number of rotatable bonds is 5. The van der Waals surface area contributed by atoms with Crippen LogP contribution in [0.15, 0.2) is 22.7 Å². The molecule has 0 radical (unpaired) electrons. The average molecular weight is 261 g/mol. The molecule has 0 aliphatic heterocycles. The summed E-state index contributed by atoms with van der Waals surface area (Å²) < 4.78 is 13.5. The molecule has 0 aliphatic rings. The smallest absolute Gasteiger partial charge is 0.124 e. The Balaban J connectivity index is 2.42. The van der Waals surface area contributed by atoms with Crippen molar-refractivity contribution in [2.75, 3.05) is 20.1 Å². The van der Waals surface area contributed by atoms with Crippen LogP contribution in [0.2, 0.25) is 0 Å². The molecule has 2 nitrogen and oxygen atoms in total. The van der Waals surface area contributed by atoms with E-state index in [4.69, 9.17) is 0 Å². The maximum atomic E-state index is 12.7. The molecule has 0 saturated heterocycles. The van der Waals surface area contributed by atoms with Gasteiger partial charge in [-0.05, 0) is 24.7 Å². The summed E-state index contributed by atoms with van der Waals surface area (Å²) in [7, 11) is 1.91. The van der Waals surface area contributed by atoms with Crippen molar-refractivity contribution in [3.05, 3.63) is 34.1 Å². The number of benzene rings is 1. The Bertz CT molecular complexity index is 291. The van der Waals surface area contributed by atoms with E-state index >= 15 is 0 Å². The number of halogens is 2. The summed E-state index contributed by atoms with van der Waals surface area (Å²) in [6.45, 7) is 2.58. The van der Waals surface area contributed by atoms with Crippen molar-refractivity contribution in [2.45, 2.75) is 6.54 Å². The number of hydrogen-bond acceptors (Lipinski definition) is 2. The summed E-state index contributed by atoms with van der Waals surface area (Å²) in [5, 5.41) is 6.29. The predicted octanol–water partition coefficient (Wildman–Crippen LogP) is 1.90. The van der Waals surface area contributed by atoms with E-state index in [0.717, 1.165) is 29.7 Å². The van der Waals surface area contributed by atoms with Crippen LogP contribution in [-0.4, -0.2) is 20.1 Å². The third kappa shape index (κ3) is 3.74. The third-order valence-corrected chi connectivity index (χ3v) is 2.62. The maximum absolute atomic E-state index is 12.7. The van der Waals surface area contributed by atoms with Gasteiger partial charge in [-0.2, -0.15) is 0 Å². The summed E-state index contributed by atoms with van der Waals surface area (Å²) >= 11 is 3.32. The molecule has 14 heavy (non-hydrogen) atoms. The molecular weight excluding hydrogens is 247 g/mol. The van der Waals surface area contributed by atoms with Crippen molar-refractivity contribution >= 4 is 15.9 Å². The monoisotopic (exact) mass is 260 g/mol. The molecular formula is C10H14BrFN2. The summed E-state index contributed by atoms with van der Waals surface area (Å²) in [5.74, 6) is -0.212. The van der Waals surface area contributed by atoms with Gasteiger partial charge in [-0.15, -0.1) is 0 Å². The van der Waals surface area contributed by atoms with Gasteiger partial charge in [0, 0.05) is 24.1 Å². The topological polar surface area (TPSA) is 24.1 Å². The fourth-order valence-electron chi connectivity index (χ4n) is 1.10. The summed E-state index contributed by atoms with van der Waals surface area (Å²) in [4.78, 5) is 0. The van der Waals surface area contributed by atoms with Gasteiger partial charge in [-0.25, -0.2) is 4.39 Å². The van der Waals surface area contributed by atoms with Crippen LogP contribution in [0.5, 0.6) is 0 Å². The number of hydrogen-bond donors (Lipinski definition) is 2. The zero-order chi connectivity index (χ0) is 10.4. The molecule has 78 valence electrons. The Labute approximate surface area is 92.0 Å². The van der Waals surface area contributed by atoms with Crippen LogP contribution < -0.4 is 10.6 Å². The highest BCUT2D eigenvalue weighted by Crippen LogP contribution is 2.17. The minimum absolute atomic E-state index is 0.212. The Hall–Kier alpha value is -0.450. The van der Waals surface area contributed by atoms with Gasteiger partial charge in [-0.1, -0.05) is 22.0 Å². The van der Waals surface area contributed by atoms with E-state index in [2.05, 4.69) is 26.6 Å². The van der Waals surface area contributed by atoms with Crippen molar-refractivity contribution in [2.24, 2.45) is 0 Å². The molecule has 0 fully saturated rings. The molecule has 4 heteroatoms. The molecule has 1 aromatic rings. The van der Waals surface area contributed by atoms with E-state index < -0.39 is 0 Å². The molecule has 0 aliphatic carbocycles. The molecule has 2 N–H and O–H groups in total. The lowest BCUT2D eigenvalue weighted by atomic mass is 10.2. The van der Waals surface area contributed by atoms with Gasteiger partial charge in [0.15, 0.2) is 0 Å². The molecule has 0 bridgehead atoms. The van der Waals surface area contributed by atoms with Crippen LogP contribution in [-0.2, 0) is 6.54 Å². The van der Waals surface area contributed by atoms with Gasteiger partial charge in [-0.3, -0.25) is 0 Å². The highest BCUT2D eigenvalue weighted by molar-refractivity contribution is 9.10. The Kier molecular flexibility index (Phi) is 5.07. The van der Waals surface area contributed by atoms with Crippen molar-refractivity contribution in [3.63, 3.8) is 0 Å². The quantitative estimate of drug-likeness (QED) is 0.791. The van der Waals surface area contributed by atoms with E-state index in [1.807, 2.05) is 7.05 Å². The second-order valence-electron chi connectivity index (χ2n) is 3.02. The first-order chi connectivity index (χ1) is 6.74. The largest absolute Gasteiger partial charge is 0.318 e. The Morgan fingerprint density at radius 1 is 1.36 bits per heavy atom. The fraction of sp³-hybridized carbons (Fsp3) is 0.400. The second-order valence-corrected chi connectivity index (χ2v) is 3.87. The lowest BCUT2D eigenvalue weighted by Gasteiger charge is -2.06. The van der Waals surface area contributed by atoms with Crippen LogP contribution >= 0.6 is 15.9 Å². The van der Waals surface area contributed by atoms with Crippen LogP contribution in [0, 0.1) is 5.82 Å². The summed E-state index contributed by atoms with van der Waals surface area (Å²) in [6, 6.07) is 4.74. The van der Waals surface area contributed by atoms with Gasteiger partial charge in [0.2, 0.25) is 0 Å². The highest BCUT2D eigenvalue weighted by Gasteiger charge is 2.00. The average Bonchev–Trinajstić information content (AvgIpc) is 2.15. The first-order valence-electron chi connectivity index (χ1n) is 4.53. The van der Waals surface area contributed by atoms with Crippen molar-refractivity contribution in [3.8, 4) is 0 Å². The van der Waals surface area contributed by atoms with E-state index in [0.29, 0.717) is 0 Å². The minimum Gasteiger partial charge on any atom is -0.318 e. The van der Waals surface area contributed by atoms with Crippen molar-refractivity contribution in [1.29, 1.82) is 0 Å². The van der Waals surface area contributed by atoms with Crippen molar-refractivity contribution in [1.82, 2.24) is 10.6 Å². The zero-order valence-electron chi connectivity index (χ0n) is 8.11. The molecule has 1 rings (SSSR count). The molecule has 0 spiro atoms. The van der Waals surface area contributed by atoms with Gasteiger partial charge in [0.05, 0.1) is 0 Å². The van der Waals surface area contributed by atoms with E-state index in [1.54, 1.807) is 6.07 Å². The van der Waals surface area contributed by atoms with E-state index in [9.17, 15) is 4.39 Å². The van der Waals surface area contributed by atoms with Gasteiger partial charge in [0.1, 0.15) is 5.82 Å². The Morgan fingerprint density at radius 3 is 2.79 bits per heavy atom. The van der Waals surface area contributed by atoms with Crippen LogP contribution in [0.25, 0.3) is 0 Å². The van der Waals surface area contributed by atoms with Crippen LogP contribution in [0.1, 0.15) is 5.56 Å². The summed E-state index contributed by atoms with van der Waals surface area (Å²) in [6.07, 6.45) is 0.